The van der Waals surface area contributed by atoms with Crippen LogP contribution in [0.1, 0.15) is 25.0 Å². The zero-order valence-corrected chi connectivity index (χ0v) is 18.1. The highest BCUT2D eigenvalue weighted by Gasteiger charge is 2.29. The normalized spacial score (nSPS) is 17.4. The molecule has 0 radical (unpaired) electrons. The fourth-order valence-corrected chi connectivity index (χ4v) is 5.34. The Balaban J connectivity index is 1.43. The lowest BCUT2D eigenvalue weighted by Gasteiger charge is -2.24. The van der Waals surface area contributed by atoms with Crippen molar-refractivity contribution in [2.24, 2.45) is 0 Å². The van der Waals surface area contributed by atoms with Crippen LogP contribution in [0.2, 0.25) is 0 Å². The summed E-state index contributed by atoms with van der Waals surface area (Å²) in [6.45, 7) is 0. The van der Waals surface area contributed by atoms with Gasteiger partial charge in [0.25, 0.3) is 0 Å². The van der Waals surface area contributed by atoms with Crippen LogP contribution in [0.5, 0.6) is 0 Å². The molecular weight excluding hydrogens is 414 g/mol. The number of aromatic amines is 2. The van der Waals surface area contributed by atoms with Crippen LogP contribution in [0.15, 0.2) is 42.9 Å². The third-order valence-electron chi connectivity index (χ3n) is 5.77. The smallest absolute Gasteiger partial charge is 0.216 e. The Morgan fingerprint density at radius 2 is 2.06 bits per heavy atom. The van der Waals surface area contributed by atoms with Crippen molar-refractivity contribution in [1.29, 1.82) is 0 Å². The van der Waals surface area contributed by atoms with Crippen molar-refractivity contribution in [3.63, 3.8) is 0 Å². The summed E-state index contributed by atoms with van der Waals surface area (Å²) < 4.78 is 26.1. The van der Waals surface area contributed by atoms with Crippen LogP contribution in [0, 0.1) is 0 Å². The SMILES string of the molecule is CN(C)S(=O)(=O)C1CC=C(c2cc3c(Nc4ccc5[nH]ncc5c4)ncnc3[nH]2)CC1. The number of hydrogen-bond donors (Lipinski definition) is 3. The number of allylic oxidation sites excluding steroid dienone is 2. The lowest BCUT2D eigenvalue weighted by atomic mass is 9.97. The van der Waals surface area contributed by atoms with Gasteiger partial charge in [-0.15, -0.1) is 0 Å². The summed E-state index contributed by atoms with van der Waals surface area (Å²) in [5.41, 5.74) is 4.67. The van der Waals surface area contributed by atoms with Gasteiger partial charge >= 0.3 is 0 Å². The van der Waals surface area contributed by atoms with E-state index in [1.807, 2.05) is 30.3 Å². The Morgan fingerprint density at radius 3 is 2.84 bits per heavy atom. The Kier molecular flexibility index (Phi) is 4.75. The number of hydrogen-bond acceptors (Lipinski definition) is 6. The van der Waals surface area contributed by atoms with Crippen LogP contribution in [-0.2, 0) is 10.0 Å². The summed E-state index contributed by atoms with van der Waals surface area (Å²) in [5, 5.41) is 11.9. The molecule has 0 saturated carbocycles. The second-order valence-corrected chi connectivity index (χ2v) is 10.3. The standard InChI is InChI=1S/C21H23N7O2S/c1-28(2)31(29,30)16-6-3-13(4-7-16)19-10-17-20(22-12-23-21(17)26-19)25-15-5-8-18-14(9-15)11-24-27-18/h3,5,8-12,16H,4,6-7H2,1-2H3,(H,24,27)(H2,22,23,25,26). The number of fused-ring (bicyclic) bond motifs is 2. The molecule has 3 heterocycles. The zero-order chi connectivity index (χ0) is 21.6. The molecule has 1 atom stereocenters. The third-order valence-corrected chi connectivity index (χ3v) is 8.06. The molecule has 160 valence electrons. The van der Waals surface area contributed by atoms with Crippen LogP contribution in [-0.4, -0.2) is 57.2 Å². The van der Waals surface area contributed by atoms with Crippen LogP contribution < -0.4 is 5.32 Å². The molecular formula is C21H23N7O2S. The maximum atomic E-state index is 12.4. The number of sulfonamides is 1. The molecule has 0 bridgehead atoms. The monoisotopic (exact) mass is 437 g/mol. The number of nitrogens with one attached hydrogen (secondary N) is 3. The summed E-state index contributed by atoms with van der Waals surface area (Å²) in [5.74, 6) is 0.708. The third kappa shape index (κ3) is 3.57. The van der Waals surface area contributed by atoms with Crippen molar-refractivity contribution < 1.29 is 8.42 Å². The molecule has 0 fully saturated rings. The Morgan fingerprint density at radius 1 is 1.19 bits per heavy atom. The van der Waals surface area contributed by atoms with E-state index in [9.17, 15) is 8.42 Å². The fraction of sp³-hybridized carbons (Fsp3) is 0.286. The van der Waals surface area contributed by atoms with E-state index in [4.69, 9.17) is 0 Å². The predicted molar refractivity (Wildman–Crippen MR) is 121 cm³/mol. The summed E-state index contributed by atoms with van der Waals surface area (Å²) in [4.78, 5) is 12.1. The van der Waals surface area contributed by atoms with Gasteiger partial charge in [-0.3, -0.25) is 5.10 Å². The molecule has 5 rings (SSSR count). The molecule has 4 aromatic rings. The van der Waals surface area contributed by atoms with Crippen molar-refractivity contribution in [2.75, 3.05) is 19.4 Å². The fourth-order valence-electron chi connectivity index (χ4n) is 3.99. The Hall–Kier alpha value is -3.24. The second-order valence-electron chi connectivity index (χ2n) is 7.92. The van der Waals surface area contributed by atoms with Crippen LogP contribution >= 0.6 is 0 Å². The first-order valence-electron chi connectivity index (χ1n) is 10.1. The molecule has 0 saturated heterocycles. The van der Waals surface area contributed by atoms with Gasteiger partial charge in [0.1, 0.15) is 17.8 Å². The van der Waals surface area contributed by atoms with Gasteiger partial charge in [-0.05, 0) is 49.1 Å². The summed E-state index contributed by atoms with van der Waals surface area (Å²) in [6.07, 6.45) is 7.13. The van der Waals surface area contributed by atoms with Gasteiger partial charge in [-0.25, -0.2) is 22.7 Å². The minimum absolute atomic E-state index is 0.370. The molecule has 1 aromatic carbocycles. The van der Waals surface area contributed by atoms with Gasteiger partial charge in [-0.2, -0.15) is 5.10 Å². The molecule has 0 aliphatic heterocycles. The van der Waals surface area contributed by atoms with Crippen molar-refractivity contribution in [1.82, 2.24) is 29.5 Å². The van der Waals surface area contributed by atoms with E-state index < -0.39 is 10.0 Å². The number of aromatic nitrogens is 5. The van der Waals surface area contributed by atoms with Crippen molar-refractivity contribution in [2.45, 2.75) is 24.5 Å². The largest absolute Gasteiger partial charge is 0.340 e. The van der Waals surface area contributed by atoms with Gasteiger partial charge in [0.15, 0.2) is 0 Å². The van der Waals surface area contributed by atoms with Crippen LogP contribution in [0.3, 0.4) is 0 Å². The second kappa shape index (κ2) is 7.47. The van der Waals surface area contributed by atoms with Gasteiger partial charge in [0.2, 0.25) is 10.0 Å². The van der Waals surface area contributed by atoms with E-state index in [2.05, 4.69) is 30.5 Å². The summed E-state index contributed by atoms with van der Waals surface area (Å²) in [7, 11) is -0.0693. The van der Waals surface area contributed by atoms with E-state index in [1.54, 1.807) is 20.3 Å². The lowest BCUT2D eigenvalue weighted by molar-refractivity contribution is 0.497. The number of H-pyrrole nitrogens is 2. The number of benzene rings is 1. The van der Waals surface area contributed by atoms with E-state index >= 15 is 0 Å². The number of anilines is 2. The first-order chi connectivity index (χ1) is 14.9. The minimum atomic E-state index is -3.24. The topological polar surface area (TPSA) is 120 Å². The quantitative estimate of drug-likeness (QED) is 0.440. The molecule has 0 amide bonds. The van der Waals surface area contributed by atoms with Gasteiger partial charge < -0.3 is 10.3 Å². The maximum absolute atomic E-state index is 12.4. The number of nitrogens with zero attached hydrogens (tertiary/aromatic N) is 4. The van der Waals surface area contributed by atoms with Gasteiger partial charge in [-0.1, -0.05) is 6.08 Å². The summed E-state index contributed by atoms with van der Waals surface area (Å²) in [6, 6.07) is 7.98. The maximum Gasteiger partial charge on any atom is 0.216 e. The molecule has 3 aromatic heterocycles. The average molecular weight is 438 g/mol. The van der Waals surface area contributed by atoms with E-state index in [-0.39, 0.29) is 5.25 Å². The molecule has 1 aliphatic carbocycles. The molecule has 10 heteroatoms. The molecule has 1 aliphatic rings. The Labute approximate surface area is 179 Å². The van der Waals surface area contributed by atoms with Crippen LogP contribution in [0.4, 0.5) is 11.5 Å². The molecule has 1 unspecified atom stereocenters. The Bertz CT molecular complexity index is 1400. The van der Waals surface area contributed by atoms with Crippen molar-refractivity contribution in [3.8, 4) is 0 Å². The zero-order valence-electron chi connectivity index (χ0n) is 17.3. The van der Waals surface area contributed by atoms with E-state index in [0.717, 1.165) is 38.9 Å². The predicted octanol–water partition coefficient (Wildman–Crippen LogP) is 3.41. The summed E-state index contributed by atoms with van der Waals surface area (Å²) >= 11 is 0. The first-order valence-corrected chi connectivity index (χ1v) is 11.6. The minimum Gasteiger partial charge on any atom is -0.340 e. The number of rotatable bonds is 5. The molecule has 9 nitrogen and oxygen atoms in total. The van der Waals surface area contributed by atoms with Gasteiger partial charge in [0.05, 0.1) is 22.3 Å². The van der Waals surface area contributed by atoms with E-state index in [1.165, 1.54) is 10.6 Å². The molecule has 3 N–H and O–H groups in total. The van der Waals surface area contributed by atoms with E-state index in [0.29, 0.717) is 25.1 Å². The van der Waals surface area contributed by atoms with Crippen LogP contribution in [0.25, 0.3) is 27.5 Å². The van der Waals surface area contributed by atoms with Crippen molar-refractivity contribution in [3.05, 3.63) is 48.6 Å². The molecule has 31 heavy (non-hydrogen) atoms. The average Bonchev–Trinajstić information content (AvgIpc) is 3.41. The highest BCUT2D eigenvalue weighted by molar-refractivity contribution is 7.89. The highest BCUT2D eigenvalue weighted by atomic mass is 32.2. The van der Waals surface area contributed by atoms with Gasteiger partial charge in [0, 0.05) is 30.9 Å². The lowest BCUT2D eigenvalue weighted by Crippen LogP contribution is -2.34. The van der Waals surface area contributed by atoms with Crippen molar-refractivity contribution >= 4 is 49.0 Å². The highest BCUT2D eigenvalue weighted by Crippen LogP contribution is 2.33. The first kappa shape index (κ1) is 19.7. The molecule has 0 spiro atoms.